The fourth-order valence-corrected chi connectivity index (χ4v) is 2.41. The average molecular weight is 124 g/mol. The van der Waals surface area contributed by atoms with Crippen LogP contribution in [0.1, 0.15) is 0 Å². The summed E-state index contributed by atoms with van der Waals surface area (Å²) < 4.78 is 0. The van der Waals surface area contributed by atoms with Gasteiger partial charge in [-0.3, -0.25) is 0 Å². The molecule has 0 bridgehead atoms. The van der Waals surface area contributed by atoms with E-state index >= 15 is 0 Å². The van der Waals surface area contributed by atoms with Crippen LogP contribution in [0.25, 0.3) is 0 Å². The van der Waals surface area contributed by atoms with E-state index in [1.54, 1.807) is 0 Å². The third-order valence-corrected chi connectivity index (χ3v) is 2.13. The fraction of sp³-hybridized carbons (Fsp3) is 0. The third kappa shape index (κ3) is 1.03. The molecule has 0 aliphatic heterocycles. The summed E-state index contributed by atoms with van der Waals surface area (Å²) >= 11 is 0. The van der Waals surface area contributed by atoms with Crippen LogP contribution in [0.2, 0.25) is 0 Å². The normalized spacial score (nSPS) is 17.7. The van der Waals surface area contributed by atoms with Crippen LogP contribution in [0, 0.1) is 0 Å². The first-order valence-corrected chi connectivity index (χ1v) is 4.40. The van der Waals surface area contributed by atoms with Crippen molar-refractivity contribution in [3.05, 3.63) is 28.3 Å². The Kier molecular flexibility index (Phi) is 1.15. The zero-order valence-corrected chi connectivity index (χ0v) is 8.65. The number of allylic oxidation sites excluding steroid dienone is 3. The number of rotatable bonds is 0. The lowest BCUT2D eigenvalue weighted by Gasteiger charge is -1.77. The molecule has 0 aromatic heterocycles. The van der Waals surface area contributed by atoms with Crippen LogP contribution in [-0.4, -0.2) is 20.5 Å². The van der Waals surface area contributed by atoms with Crippen LogP contribution in [0.3, 0.4) is 0 Å². The molecule has 0 aromatic rings. The van der Waals surface area contributed by atoms with Crippen molar-refractivity contribution in [2.24, 2.45) is 0 Å². The van der Waals surface area contributed by atoms with Crippen molar-refractivity contribution in [2.45, 2.75) is 0 Å². The van der Waals surface area contributed by atoms with Crippen LogP contribution >= 0.6 is 0 Å². The van der Waals surface area contributed by atoms with Gasteiger partial charge in [-0.05, 0) is 11.3 Å². The zero-order chi connectivity index (χ0) is 5.28. The second kappa shape index (κ2) is 1.66. The second-order valence-corrected chi connectivity index (χ2v) is 4.09. The molecule has 1 aliphatic rings. The Morgan fingerprint density at radius 1 is 1.43 bits per heavy atom. The molecular formula is C5H8Si2. The Labute approximate surface area is 49.5 Å². The molecule has 7 heavy (non-hydrogen) atoms. The van der Waals surface area contributed by atoms with Gasteiger partial charge in [0.05, 0.1) is 0 Å². The van der Waals surface area contributed by atoms with E-state index in [0.717, 1.165) is 10.2 Å². The summed E-state index contributed by atoms with van der Waals surface area (Å²) in [5.74, 6) is 0. The van der Waals surface area contributed by atoms with Gasteiger partial charge in [-0.15, -0.1) is 5.73 Å². The van der Waals surface area contributed by atoms with Gasteiger partial charge in [0.2, 0.25) is 0 Å². The summed E-state index contributed by atoms with van der Waals surface area (Å²) in [6, 6.07) is 0. The van der Waals surface area contributed by atoms with Gasteiger partial charge in [0, 0.05) is 20.5 Å². The second-order valence-electron chi connectivity index (χ2n) is 1.86. The maximum atomic E-state index is 3.16. The highest BCUT2D eigenvalue weighted by Crippen LogP contribution is 2.01. The van der Waals surface area contributed by atoms with E-state index in [4.69, 9.17) is 0 Å². The van der Waals surface area contributed by atoms with Crippen molar-refractivity contribution in [1.82, 2.24) is 0 Å². The molecule has 0 spiro atoms. The minimum Gasteiger partial charge on any atom is -0.123 e. The SMILES string of the molecule is [SiH3]C1=C=CC([SiH3])=C1. The Morgan fingerprint density at radius 2 is 2.14 bits per heavy atom. The molecule has 0 nitrogen and oxygen atoms in total. The highest BCUT2D eigenvalue weighted by atomic mass is 28.1. The Morgan fingerprint density at radius 3 is 2.29 bits per heavy atom. The van der Waals surface area contributed by atoms with E-state index in [2.05, 4.69) is 17.9 Å². The molecule has 0 amide bonds. The van der Waals surface area contributed by atoms with Gasteiger partial charge in [-0.2, -0.15) is 0 Å². The van der Waals surface area contributed by atoms with Crippen molar-refractivity contribution >= 4 is 20.5 Å². The maximum Gasteiger partial charge on any atom is 0.0485 e. The first-order valence-electron chi connectivity index (χ1n) is 2.40. The van der Waals surface area contributed by atoms with Gasteiger partial charge in [0.25, 0.3) is 0 Å². The predicted molar refractivity (Wildman–Crippen MR) is 39.6 cm³/mol. The van der Waals surface area contributed by atoms with E-state index in [1.165, 1.54) is 20.6 Å². The summed E-state index contributed by atoms with van der Waals surface area (Å²) in [5.41, 5.74) is 3.16. The minimum atomic E-state index is 1.16. The van der Waals surface area contributed by atoms with E-state index in [9.17, 15) is 0 Å². The maximum absolute atomic E-state index is 3.16. The van der Waals surface area contributed by atoms with Gasteiger partial charge in [0.15, 0.2) is 0 Å². The first kappa shape index (κ1) is 4.84. The number of hydrogen-bond acceptors (Lipinski definition) is 0. The van der Waals surface area contributed by atoms with Crippen molar-refractivity contribution in [2.75, 3.05) is 0 Å². The molecule has 0 aromatic carbocycles. The molecule has 0 N–H and O–H groups in total. The molecule has 0 unspecified atom stereocenters. The van der Waals surface area contributed by atoms with Gasteiger partial charge in [-0.25, -0.2) is 0 Å². The van der Waals surface area contributed by atoms with Crippen LogP contribution in [0.15, 0.2) is 28.3 Å². The van der Waals surface area contributed by atoms with Gasteiger partial charge >= 0.3 is 0 Å². The average Bonchev–Trinajstić information content (AvgIpc) is 1.87. The summed E-state index contributed by atoms with van der Waals surface area (Å²) in [4.78, 5) is 0. The molecule has 2 heteroatoms. The predicted octanol–water partition coefficient (Wildman–Crippen LogP) is -1.35. The van der Waals surface area contributed by atoms with Crippen molar-refractivity contribution < 1.29 is 0 Å². The minimum absolute atomic E-state index is 1.16. The molecule has 0 saturated heterocycles. The molecule has 0 atom stereocenters. The van der Waals surface area contributed by atoms with Crippen molar-refractivity contribution in [3.63, 3.8) is 0 Å². The third-order valence-electron chi connectivity index (χ3n) is 0.972. The smallest absolute Gasteiger partial charge is 0.0485 e. The molecule has 0 saturated carbocycles. The summed E-state index contributed by atoms with van der Waals surface area (Å²) in [7, 11) is 2.35. The van der Waals surface area contributed by atoms with Gasteiger partial charge < -0.3 is 0 Å². The van der Waals surface area contributed by atoms with Crippen LogP contribution < -0.4 is 0 Å². The van der Waals surface area contributed by atoms with Crippen LogP contribution in [-0.2, 0) is 0 Å². The molecule has 0 heterocycles. The molecule has 1 rings (SSSR count). The van der Waals surface area contributed by atoms with Gasteiger partial charge in [-0.1, -0.05) is 11.3 Å². The summed E-state index contributed by atoms with van der Waals surface area (Å²) in [5, 5.41) is 2.88. The van der Waals surface area contributed by atoms with Crippen molar-refractivity contribution in [3.8, 4) is 0 Å². The van der Waals surface area contributed by atoms with E-state index in [-0.39, 0.29) is 0 Å². The molecular weight excluding hydrogens is 116 g/mol. The highest BCUT2D eigenvalue weighted by Gasteiger charge is 1.87. The fourth-order valence-electron chi connectivity index (χ4n) is 0.653. The lowest BCUT2D eigenvalue weighted by Crippen LogP contribution is -1.70. The Hall–Kier alpha value is -0.306. The lowest BCUT2D eigenvalue weighted by atomic mass is 10.6. The Bertz CT molecular complexity index is 171. The van der Waals surface area contributed by atoms with E-state index in [1.807, 2.05) is 0 Å². The van der Waals surface area contributed by atoms with Gasteiger partial charge in [0.1, 0.15) is 0 Å². The molecule has 0 radical (unpaired) electrons. The molecule has 0 fully saturated rings. The first-order chi connectivity index (χ1) is 3.29. The zero-order valence-electron chi connectivity index (χ0n) is 4.65. The van der Waals surface area contributed by atoms with Crippen molar-refractivity contribution in [1.29, 1.82) is 0 Å². The standard InChI is InChI=1S/C5H8Si2/c6-4-1-2-5(7)3-4/h1,3H,6-7H3. The Balaban J connectivity index is 2.92. The largest absolute Gasteiger partial charge is 0.123 e. The highest BCUT2D eigenvalue weighted by molar-refractivity contribution is 6.29. The lowest BCUT2D eigenvalue weighted by molar-refractivity contribution is 1.96. The number of hydrogen-bond donors (Lipinski definition) is 0. The quantitative estimate of drug-likeness (QED) is 0.277. The van der Waals surface area contributed by atoms with E-state index < -0.39 is 0 Å². The molecule has 36 valence electrons. The summed E-state index contributed by atoms with van der Waals surface area (Å²) in [6.45, 7) is 0. The summed E-state index contributed by atoms with van der Waals surface area (Å²) in [6.07, 6.45) is 4.33. The molecule has 1 aliphatic carbocycles. The monoisotopic (exact) mass is 124 g/mol. The van der Waals surface area contributed by atoms with Crippen LogP contribution in [0.5, 0.6) is 0 Å². The van der Waals surface area contributed by atoms with Crippen LogP contribution in [0.4, 0.5) is 0 Å². The van der Waals surface area contributed by atoms with E-state index in [0.29, 0.717) is 0 Å². The topological polar surface area (TPSA) is 0 Å².